The summed E-state index contributed by atoms with van der Waals surface area (Å²) in [5.74, 6) is 0. The minimum Gasteiger partial charge on any atom is -0.0891 e. The van der Waals surface area contributed by atoms with Gasteiger partial charge in [0.1, 0.15) is 0 Å². The second-order valence-corrected chi connectivity index (χ2v) is 7.17. The molecule has 0 aromatic heterocycles. The van der Waals surface area contributed by atoms with Crippen molar-refractivity contribution < 1.29 is 0 Å². The van der Waals surface area contributed by atoms with Crippen molar-refractivity contribution in [3.63, 3.8) is 0 Å². The Labute approximate surface area is 105 Å². The van der Waals surface area contributed by atoms with Gasteiger partial charge in [0, 0.05) is 4.83 Å². The summed E-state index contributed by atoms with van der Waals surface area (Å²) in [6.07, 6.45) is 11.1. The van der Waals surface area contributed by atoms with E-state index in [1.165, 1.54) is 51.4 Å². The molecule has 0 saturated carbocycles. The number of unbranched alkanes of at least 4 members (excludes halogenated alkanes) is 4. The van der Waals surface area contributed by atoms with E-state index < -0.39 is 0 Å². The van der Waals surface area contributed by atoms with Crippen LogP contribution in [0.3, 0.4) is 0 Å². The van der Waals surface area contributed by atoms with Crippen LogP contribution in [0.4, 0.5) is 0 Å². The standard InChI is InChI=1S/C14H29Br/c1-5-13(15)11-9-7-6-8-10-12-14(2,3)4/h13H,5-12H2,1-4H3. The van der Waals surface area contributed by atoms with Crippen LogP contribution in [0.5, 0.6) is 0 Å². The summed E-state index contributed by atoms with van der Waals surface area (Å²) in [7, 11) is 0. The van der Waals surface area contributed by atoms with E-state index in [0.717, 1.165) is 4.83 Å². The first kappa shape index (κ1) is 15.5. The predicted molar refractivity (Wildman–Crippen MR) is 74.8 cm³/mol. The number of rotatable bonds is 8. The smallest absolute Gasteiger partial charge is 0.0143 e. The Kier molecular flexibility index (Phi) is 8.89. The topological polar surface area (TPSA) is 0 Å². The molecule has 0 aromatic rings. The predicted octanol–water partition coefficient (Wildman–Crippen LogP) is 5.94. The molecule has 0 amide bonds. The molecular weight excluding hydrogens is 248 g/mol. The molecule has 0 rings (SSSR count). The summed E-state index contributed by atoms with van der Waals surface area (Å²) in [4.78, 5) is 0.757. The monoisotopic (exact) mass is 276 g/mol. The normalized spacial score (nSPS) is 14.2. The van der Waals surface area contributed by atoms with Gasteiger partial charge in [-0.3, -0.25) is 0 Å². The first-order valence-electron chi connectivity index (χ1n) is 6.60. The fourth-order valence-corrected chi connectivity index (χ4v) is 2.08. The molecule has 0 aromatic carbocycles. The zero-order valence-electron chi connectivity index (χ0n) is 11.1. The number of hydrogen-bond acceptors (Lipinski definition) is 0. The number of hydrogen-bond donors (Lipinski definition) is 0. The van der Waals surface area contributed by atoms with Crippen LogP contribution in [0.1, 0.15) is 79.1 Å². The molecule has 0 N–H and O–H groups in total. The van der Waals surface area contributed by atoms with E-state index in [0.29, 0.717) is 5.41 Å². The maximum absolute atomic E-state index is 3.69. The van der Waals surface area contributed by atoms with Gasteiger partial charge in [0.2, 0.25) is 0 Å². The number of alkyl halides is 1. The number of halogens is 1. The quantitative estimate of drug-likeness (QED) is 0.380. The molecule has 0 heterocycles. The van der Waals surface area contributed by atoms with E-state index in [9.17, 15) is 0 Å². The lowest BCUT2D eigenvalue weighted by molar-refractivity contribution is 0.356. The van der Waals surface area contributed by atoms with Crippen molar-refractivity contribution in [2.75, 3.05) is 0 Å². The Hall–Kier alpha value is 0.480. The van der Waals surface area contributed by atoms with Crippen molar-refractivity contribution in [2.45, 2.75) is 83.9 Å². The van der Waals surface area contributed by atoms with E-state index in [-0.39, 0.29) is 0 Å². The molecule has 15 heavy (non-hydrogen) atoms. The molecule has 0 fully saturated rings. The molecule has 0 bridgehead atoms. The largest absolute Gasteiger partial charge is 0.0891 e. The maximum Gasteiger partial charge on any atom is 0.0143 e. The Bertz CT molecular complexity index is 135. The molecule has 92 valence electrons. The molecule has 0 aliphatic carbocycles. The van der Waals surface area contributed by atoms with Gasteiger partial charge in [-0.25, -0.2) is 0 Å². The molecular formula is C14H29Br. The van der Waals surface area contributed by atoms with E-state index >= 15 is 0 Å². The minimum absolute atomic E-state index is 0.531. The first-order chi connectivity index (χ1) is 6.95. The van der Waals surface area contributed by atoms with Crippen LogP contribution >= 0.6 is 15.9 Å². The average molecular weight is 277 g/mol. The maximum atomic E-state index is 3.69. The summed E-state index contributed by atoms with van der Waals surface area (Å²) in [5, 5.41) is 0. The zero-order chi connectivity index (χ0) is 11.7. The van der Waals surface area contributed by atoms with Crippen LogP contribution in [-0.2, 0) is 0 Å². The molecule has 0 aliphatic rings. The van der Waals surface area contributed by atoms with Gasteiger partial charge in [-0.15, -0.1) is 0 Å². The van der Waals surface area contributed by atoms with Crippen molar-refractivity contribution in [3.8, 4) is 0 Å². The molecule has 1 atom stereocenters. The van der Waals surface area contributed by atoms with E-state index in [1.807, 2.05) is 0 Å². The molecule has 1 unspecified atom stereocenters. The van der Waals surface area contributed by atoms with Gasteiger partial charge in [-0.2, -0.15) is 0 Å². The third-order valence-electron chi connectivity index (χ3n) is 2.89. The highest BCUT2D eigenvalue weighted by Crippen LogP contribution is 2.23. The van der Waals surface area contributed by atoms with E-state index in [1.54, 1.807) is 0 Å². The van der Waals surface area contributed by atoms with Crippen molar-refractivity contribution in [3.05, 3.63) is 0 Å². The fourth-order valence-electron chi connectivity index (χ4n) is 1.76. The van der Waals surface area contributed by atoms with Crippen molar-refractivity contribution >= 4 is 15.9 Å². The average Bonchev–Trinajstić information content (AvgIpc) is 2.14. The highest BCUT2D eigenvalue weighted by atomic mass is 79.9. The van der Waals surface area contributed by atoms with Crippen LogP contribution in [-0.4, -0.2) is 4.83 Å². The molecule has 0 radical (unpaired) electrons. The fraction of sp³-hybridized carbons (Fsp3) is 1.00. The Morgan fingerprint density at radius 3 is 2.00 bits per heavy atom. The van der Waals surface area contributed by atoms with E-state index in [4.69, 9.17) is 0 Å². The van der Waals surface area contributed by atoms with Crippen LogP contribution < -0.4 is 0 Å². The van der Waals surface area contributed by atoms with Gasteiger partial charge >= 0.3 is 0 Å². The highest BCUT2D eigenvalue weighted by molar-refractivity contribution is 9.09. The Morgan fingerprint density at radius 1 is 0.933 bits per heavy atom. The van der Waals surface area contributed by atoms with Gasteiger partial charge in [0.15, 0.2) is 0 Å². The lowest BCUT2D eigenvalue weighted by atomic mass is 9.89. The van der Waals surface area contributed by atoms with Crippen LogP contribution in [0.25, 0.3) is 0 Å². The zero-order valence-corrected chi connectivity index (χ0v) is 12.7. The van der Waals surface area contributed by atoms with Crippen molar-refractivity contribution in [1.82, 2.24) is 0 Å². The molecule has 0 spiro atoms. The first-order valence-corrected chi connectivity index (χ1v) is 7.51. The second kappa shape index (κ2) is 8.61. The SMILES string of the molecule is CCC(Br)CCCCCCCC(C)(C)C. The van der Waals surface area contributed by atoms with Gasteiger partial charge in [-0.05, 0) is 24.7 Å². The summed E-state index contributed by atoms with van der Waals surface area (Å²) in [6.45, 7) is 9.26. The van der Waals surface area contributed by atoms with Gasteiger partial charge in [0.05, 0.1) is 0 Å². The second-order valence-electron chi connectivity index (χ2n) is 5.87. The molecule has 0 nitrogen and oxygen atoms in total. The lowest BCUT2D eigenvalue weighted by Gasteiger charge is -2.17. The summed E-state index contributed by atoms with van der Waals surface area (Å²) in [5.41, 5.74) is 0.531. The third-order valence-corrected chi connectivity index (χ3v) is 3.99. The lowest BCUT2D eigenvalue weighted by Crippen LogP contribution is -2.03. The van der Waals surface area contributed by atoms with Crippen LogP contribution in [0.2, 0.25) is 0 Å². The Morgan fingerprint density at radius 2 is 1.47 bits per heavy atom. The van der Waals surface area contributed by atoms with Crippen molar-refractivity contribution in [2.24, 2.45) is 5.41 Å². The van der Waals surface area contributed by atoms with Crippen LogP contribution in [0, 0.1) is 5.41 Å². The van der Waals surface area contributed by atoms with E-state index in [2.05, 4.69) is 43.6 Å². The Balaban J connectivity index is 3.12. The van der Waals surface area contributed by atoms with Crippen LogP contribution in [0.15, 0.2) is 0 Å². The van der Waals surface area contributed by atoms with Gasteiger partial charge in [-0.1, -0.05) is 75.7 Å². The minimum atomic E-state index is 0.531. The summed E-state index contributed by atoms with van der Waals surface area (Å²) in [6, 6.07) is 0. The van der Waals surface area contributed by atoms with Gasteiger partial charge < -0.3 is 0 Å². The third kappa shape index (κ3) is 12.4. The molecule has 0 aliphatic heterocycles. The van der Waals surface area contributed by atoms with Crippen molar-refractivity contribution in [1.29, 1.82) is 0 Å². The summed E-state index contributed by atoms with van der Waals surface area (Å²) >= 11 is 3.69. The molecule has 0 saturated heterocycles. The van der Waals surface area contributed by atoms with Gasteiger partial charge in [0.25, 0.3) is 0 Å². The molecule has 1 heteroatoms. The summed E-state index contributed by atoms with van der Waals surface area (Å²) < 4.78 is 0. The highest BCUT2D eigenvalue weighted by Gasteiger charge is 2.08.